The van der Waals surface area contributed by atoms with Gasteiger partial charge in [0, 0.05) is 12.2 Å². The zero-order valence-corrected chi connectivity index (χ0v) is 10.0. The first-order chi connectivity index (χ1) is 8.33. The number of esters is 2. The Hall–Kier alpha value is -2.31. The molecule has 0 atom stereocenters. The van der Waals surface area contributed by atoms with Crippen molar-refractivity contribution in [3.63, 3.8) is 0 Å². The number of rotatable bonds is 7. The third-order valence-corrected chi connectivity index (χ3v) is 1.72. The molecule has 0 aliphatic carbocycles. The van der Waals surface area contributed by atoms with Gasteiger partial charge in [-0.3, -0.25) is 0 Å². The van der Waals surface area contributed by atoms with Gasteiger partial charge < -0.3 is 19.9 Å². The highest BCUT2D eigenvalue weighted by Gasteiger charge is 2.31. The van der Waals surface area contributed by atoms with E-state index in [0.29, 0.717) is 0 Å². The predicted octanol–water partition coefficient (Wildman–Crippen LogP) is 0.299. The van der Waals surface area contributed by atoms with Crippen LogP contribution in [0.3, 0.4) is 0 Å². The number of hydrogen-bond donors (Lipinski definition) is 1. The smallest absolute Gasteiger partial charge is 0.405 e. The van der Waals surface area contributed by atoms with Crippen LogP contribution in [0.2, 0.25) is 0 Å². The average Bonchev–Trinajstić information content (AvgIpc) is 2.32. The summed E-state index contributed by atoms with van der Waals surface area (Å²) < 4.78 is 14.2. The van der Waals surface area contributed by atoms with E-state index in [4.69, 9.17) is 19.9 Å². The number of nitrogens with two attached hydrogens (primary N) is 1. The van der Waals surface area contributed by atoms with E-state index >= 15 is 0 Å². The van der Waals surface area contributed by atoms with Crippen molar-refractivity contribution in [2.24, 2.45) is 5.73 Å². The SMILES string of the molecule is C=CC(=O)OCC(C)(COC(=O)C=C)OC(N)=O. The Balaban J connectivity index is 4.55. The zero-order chi connectivity index (χ0) is 14.2. The van der Waals surface area contributed by atoms with Crippen molar-refractivity contribution in [1.29, 1.82) is 0 Å². The Morgan fingerprint density at radius 1 is 1.11 bits per heavy atom. The fourth-order valence-corrected chi connectivity index (χ4v) is 0.909. The topological polar surface area (TPSA) is 105 Å². The van der Waals surface area contributed by atoms with Crippen molar-refractivity contribution in [3.8, 4) is 0 Å². The summed E-state index contributed by atoms with van der Waals surface area (Å²) in [6, 6.07) is 0. The van der Waals surface area contributed by atoms with Gasteiger partial charge in [-0.05, 0) is 6.92 Å². The molecule has 2 N–H and O–H groups in total. The summed E-state index contributed by atoms with van der Waals surface area (Å²) in [5.41, 5.74) is 3.50. The summed E-state index contributed by atoms with van der Waals surface area (Å²) in [4.78, 5) is 32.5. The van der Waals surface area contributed by atoms with Gasteiger partial charge in [0.2, 0.25) is 0 Å². The van der Waals surface area contributed by atoms with Gasteiger partial charge >= 0.3 is 18.0 Å². The lowest BCUT2D eigenvalue weighted by Crippen LogP contribution is -2.43. The highest BCUT2D eigenvalue weighted by atomic mass is 16.6. The normalized spacial score (nSPS) is 10.1. The first-order valence-corrected chi connectivity index (χ1v) is 4.90. The van der Waals surface area contributed by atoms with Crippen LogP contribution in [0.25, 0.3) is 0 Å². The maximum Gasteiger partial charge on any atom is 0.405 e. The molecule has 0 spiro atoms. The molecule has 0 aromatic heterocycles. The Bertz CT molecular complexity index is 339. The van der Waals surface area contributed by atoms with Crippen LogP contribution in [0.1, 0.15) is 6.92 Å². The van der Waals surface area contributed by atoms with Crippen molar-refractivity contribution < 1.29 is 28.6 Å². The van der Waals surface area contributed by atoms with E-state index in [1.165, 1.54) is 6.92 Å². The summed E-state index contributed by atoms with van der Waals surface area (Å²) in [7, 11) is 0. The summed E-state index contributed by atoms with van der Waals surface area (Å²) >= 11 is 0. The minimum Gasteiger partial charge on any atom is -0.458 e. The van der Waals surface area contributed by atoms with Gasteiger partial charge in [-0.25, -0.2) is 14.4 Å². The van der Waals surface area contributed by atoms with Crippen molar-refractivity contribution in [2.45, 2.75) is 12.5 Å². The van der Waals surface area contributed by atoms with E-state index < -0.39 is 23.6 Å². The highest BCUT2D eigenvalue weighted by Crippen LogP contribution is 2.12. The van der Waals surface area contributed by atoms with Crippen LogP contribution in [0.5, 0.6) is 0 Å². The Morgan fingerprint density at radius 2 is 1.50 bits per heavy atom. The Morgan fingerprint density at radius 3 is 1.78 bits per heavy atom. The van der Waals surface area contributed by atoms with Crippen LogP contribution in [0, 0.1) is 0 Å². The second-order valence-electron chi connectivity index (χ2n) is 3.49. The van der Waals surface area contributed by atoms with E-state index in [1.807, 2.05) is 0 Å². The molecule has 0 unspecified atom stereocenters. The summed E-state index contributed by atoms with van der Waals surface area (Å²) in [5.74, 6) is -1.41. The molecule has 18 heavy (non-hydrogen) atoms. The molecule has 0 aliphatic rings. The summed E-state index contributed by atoms with van der Waals surface area (Å²) in [6.07, 6.45) is 0.808. The van der Waals surface area contributed by atoms with Crippen molar-refractivity contribution in [2.75, 3.05) is 13.2 Å². The molecular weight excluding hydrogens is 242 g/mol. The summed E-state index contributed by atoms with van der Waals surface area (Å²) in [6.45, 7) is 7.15. The molecule has 0 aromatic carbocycles. The second-order valence-corrected chi connectivity index (χ2v) is 3.49. The number of hydrogen-bond acceptors (Lipinski definition) is 6. The summed E-state index contributed by atoms with van der Waals surface area (Å²) in [5, 5.41) is 0. The quantitative estimate of drug-likeness (QED) is 0.399. The Labute approximate surface area is 104 Å². The molecule has 0 heterocycles. The second kappa shape index (κ2) is 7.10. The van der Waals surface area contributed by atoms with Gasteiger partial charge in [0.1, 0.15) is 13.2 Å². The van der Waals surface area contributed by atoms with Crippen LogP contribution < -0.4 is 5.73 Å². The van der Waals surface area contributed by atoms with Crippen molar-refractivity contribution in [3.05, 3.63) is 25.3 Å². The molecule has 0 fully saturated rings. The van der Waals surface area contributed by atoms with Crippen LogP contribution in [0.4, 0.5) is 4.79 Å². The molecule has 0 rings (SSSR count). The lowest BCUT2D eigenvalue weighted by Gasteiger charge is -2.27. The molecule has 100 valence electrons. The molecule has 7 nitrogen and oxygen atoms in total. The molecule has 0 aliphatic heterocycles. The van der Waals surface area contributed by atoms with Gasteiger partial charge in [-0.15, -0.1) is 0 Å². The van der Waals surface area contributed by atoms with E-state index in [2.05, 4.69) is 13.2 Å². The van der Waals surface area contributed by atoms with Crippen LogP contribution in [-0.4, -0.2) is 36.8 Å². The fraction of sp³-hybridized carbons (Fsp3) is 0.364. The van der Waals surface area contributed by atoms with Crippen LogP contribution >= 0.6 is 0 Å². The van der Waals surface area contributed by atoms with Gasteiger partial charge in [0.15, 0.2) is 5.60 Å². The minimum absolute atomic E-state index is 0.328. The Kier molecular flexibility index (Phi) is 6.19. The van der Waals surface area contributed by atoms with Crippen molar-refractivity contribution in [1.82, 2.24) is 0 Å². The number of primary amides is 1. The van der Waals surface area contributed by atoms with E-state index in [0.717, 1.165) is 12.2 Å². The maximum atomic E-state index is 10.9. The van der Waals surface area contributed by atoms with E-state index in [-0.39, 0.29) is 13.2 Å². The standard InChI is InChI=1S/C11H15NO6/c1-4-8(13)16-6-11(3,18-10(12)15)7-17-9(14)5-2/h4-5H,1-2,6-7H2,3H3,(H2,12,15). The van der Waals surface area contributed by atoms with Gasteiger partial charge in [0.25, 0.3) is 0 Å². The molecule has 0 bridgehead atoms. The molecule has 1 amide bonds. The molecule has 7 heteroatoms. The highest BCUT2D eigenvalue weighted by molar-refractivity contribution is 5.81. The number of ether oxygens (including phenoxy) is 3. The minimum atomic E-state index is -1.37. The van der Waals surface area contributed by atoms with Gasteiger partial charge in [-0.1, -0.05) is 13.2 Å². The van der Waals surface area contributed by atoms with Crippen molar-refractivity contribution >= 4 is 18.0 Å². The lowest BCUT2D eigenvalue weighted by atomic mass is 10.1. The van der Waals surface area contributed by atoms with Crippen LogP contribution in [-0.2, 0) is 23.8 Å². The fourth-order valence-electron chi connectivity index (χ4n) is 0.909. The molecule has 0 saturated carbocycles. The maximum absolute atomic E-state index is 10.9. The number of amides is 1. The monoisotopic (exact) mass is 257 g/mol. The number of carbonyl (C=O) groups is 3. The molecular formula is C11H15NO6. The third-order valence-electron chi connectivity index (χ3n) is 1.72. The average molecular weight is 257 g/mol. The third kappa shape index (κ3) is 6.31. The lowest BCUT2D eigenvalue weighted by molar-refractivity contribution is -0.154. The van der Waals surface area contributed by atoms with E-state index in [1.54, 1.807) is 0 Å². The van der Waals surface area contributed by atoms with Gasteiger partial charge in [0.05, 0.1) is 0 Å². The predicted molar refractivity (Wildman–Crippen MR) is 61.4 cm³/mol. The zero-order valence-electron chi connectivity index (χ0n) is 10.0. The molecule has 0 saturated heterocycles. The van der Waals surface area contributed by atoms with Gasteiger partial charge in [-0.2, -0.15) is 0 Å². The largest absolute Gasteiger partial charge is 0.458 e. The first kappa shape index (κ1) is 15.7. The van der Waals surface area contributed by atoms with E-state index in [9.17, 15) is 14.4 Å². The molecule has 0 radical (unpaired) electrons. The first-order valence-electron chi connectivity index (χ1n) is 4.90. The van der Waals surface area contributed by atoms with Crippen LogP contribution in [0.15, 0.2) is 25.3 Å². The molecule has 0 aromatic rings. The number of carbonyl (C=O) groups excluding carboxylic acids is 3.